The SMILES string of the molecule is COc1cccc(CN(C)C(=O)C2CCN(S(=O)(=O)c3cccc4nsnc34)CC2)c1. The first-order chi connectivity index (χ1) is 14.9. The van der Waals surface area contributed by atoms with Crippen molar-refractivity contribution in [1.29, 1.82) is 0 Å². The van der Waals surface area contributed by atoms with Gasteiger partial charge in [-0.1, -0.05) is 18.2 Å². The molecule has 0 bridgehead atoms. The smallest absolute Gasteiger partial charge is 0.245 e. The van der Waals surface area contributed by atoms with Gasteiger partial charge >= 0.3 is 0 Å². The molecule has 0 saturated carbocycles. The molecule has 0 spiro atoms. The van der Waals surface area contributed by atoms with Gasteiger partial charge < -0.3 is 9.64 Å². The van der Waals surface area contributed by atoms with Crippen molar-refractivity contribution >= 4 is 38.7 Å². The highest BCUT2D eigenvalue weighted by molar-refractivity contribution is 7.89. The summed E-state index contributed by atoms with van der Waals surface area (Å²) in [5, 5.41) is 0. The normalized spacial score (nSPS) is 15.8. The maximum absolute atomic E-state index is 13.2. The lowest BCUT2D eigenvalue weighted by molar-refractivity contribution is -0.135. The highest BCUT2D eigenvalue weighted by atomic mass is 32.2. The molecule has 4 rings (SSSR count). The third-order valence-corrected chi connectivity index (χ3v) is 8.07. The fraction of sp³-hybridized carbons (Fsp3) is 0.381. The van der Waals surface area contributed by atoms with E-state index in [9.17, 15) is 13.2 Å². The molecule has 2 aromatic carbocycles. The molecule has 0 atom stereocenters. The van der Waals surface area contributed by atoms with E-state index in [0.29, 0.717) is 43.5 Å². The minimum absolute atomic E-state index is 0.0330. The van der Waals surface area contributed by atoms with Crippen molar-refractivity contribution in [2.24, 2.45) is 5.92 Å². The lowest BCUT2D eigenvalue weighted by atomic mass is 9.96. The number of piperidine rings is 1. The standard InChI is InChI=1S/C21H24N4O4S2/c1-24(14-15-5-3-6-17(13-15)29-2)21(26)16-9-11-25(12-10-16)31(27,28)19-8-4-7-18-20(19)23-30-22-18/h3-8,13,16H,9-12,14H2,1-2H3. The third kappa shape index (κ3) is 4.41. The van der Waals surface area contributed by atoms with Crippen molar-refractivity contribution in [3.8, 4) is 5.75 Å². The number of nitrogens with zero attached hydrogens (tertiary/aromatic N) is 4. The van der Waals surface area contributed by atoms with E-state index in [1.54, 1.807) is 37.3 Å². The Kier molecular flexibility index (Phi) is 6.22. The summed E-state index contributed by atoms with van der Waals surface area (Å²) in [4.78, 5) is 14.8. The summed E-state index contributed by atoms with van der Waals surface area (Å²) in [5.41, 5.74) is 1.97. The predicted octanol–water partition coefficient (Wildman–Crippen LogP) is 2.76. The lowest BCUT2D eigenvalue weighted by Crippen LogP contribution is -2.43. The third-order valence-electron chi connectivity index (χ3n) is 5.60. The summed E-state index contributed by atoms with van der Waals surface area (Å²) in [6.07, 6.45) is 0.984. The molecule has 2 heterocycles. The van der Waals surface area contributed by atoms with Gasteiger partial charge in [0.15, 0.2) is 0 Å². The Morgan fingerprint density at radius 1 is 1.19 bits per heavy atom. The van der Waals surface area contributed by atoms with E-state index in [1.807, 2.05) is 24.3 Å². The number of sulfonamides is 1. The summed E-state index contributed by atoms with van der Waals surface area (Å²) >= 11 is 0.999. The van der Waals surface area contributed by atoms with E-state index in [4.69, 9.17) is 4.74 Å². The van der Waals surface area contributed by atoms with Crippen LogP contribution in [0.1, 0.15) is 18.4 Å². The van der Waals surface area contributed by atoms with Crippen molar-refractivity contribution in [2.45, 2.75) is 24.3 Å². The van der Waals surface area contributed by atoms with Crippen LogP contribution < -0.4 is 4.74 Å². The summed E-state index contributed by atoms with van der Waals surface area (Å²) in [5.74, 6) is 0.589. The van der Waals surface area contributed by atoms with E-state index in [-0.39, 0.29) is 16.7 Å². The molecule has 10 heteroatoms. The molecule has 1 amide bonds. The number of carbonyl (C=O) groups is 1. The number of hydrogen-bond acceptors (Lipinski definition) is 7. The van der Waals surface area contributed by atoms with Crippen LogP contribution in [0.5, 0.6) is 5.75 Å². The second kappa shape index (κ2) is 8.89. The minimum Gasteiger partial charge on any atom is -0.497 e. The number of ether oxygens (including phenoxy) is 1. The Bertz CT molecular complexity index is 1190. The van der Waals surface area contributed by atoms with Crippen LogP contribution in [0.25, 0.3) is 11.0 Å². The summed E-state index contributed by atoms with van der Waals surface area (Å²) in [7, 11) is -0.295. The van der Waals surface area contributed by atoms with E-state index in [2.05, 4.69) is 8.75 Å². The average Bonchev–Trinajstić information content (AvgIpc) is 3.27. The van der Waals surface area contributed by atoms with Crippen LogP contribution in [0.3, 0.4) is 0 Å². The second-order valence-corrected chi connectivity index (χ2v) is 10.0. The van der Waals surface area contributed by atoms with Gasteiger partial charge in [-0.05, 0) is 42.7 Å². The maximum Gasteiger partial charge on any atom is 0.245 e. The van der Waals surface area contributed by atoms with E-state index in [1.165, 1.54) is 4.31 Å². The fourth-order valence-electron chi connectivity index (χ4n) is 3.91. The van der Waals surface area contributed by atoms with Crippen molar-refractivity contribution < 1.29 is 17.9 Å². The van der Waals surface area contributed by atoms with E-state index >= 15 is 0 Å². The first-order valence-corrected chi connectivity index (χ1v) is 12.2. The number of hydrogen-bond donors (Lipinski definition) is 0. The van der Waals surface area contributed by atoms with Crippen molar-refractivity contribution in [1.82, 2.24) is 18.0 Å². The van der Waals surface area contributed by atoms with E-state index < -0.39 is 10.0 Å². The summed E-state index contributed by atoms with van der Waals surface area (Å²) in [6, 6.07) is 12.6. The molecule has 3 aromatic rings. The average molecular weight is 461 g/mol. The first kappa shape index (κ1) is 21.7. The van der Waals surface area contributed by atoms with Crippen molar-refractivity contribution in [3.63, 3.8) is 0 Å². The number of rotatable bonds is 6. The molecule has 31 heavy (non-hydrogen) atoms. The van der Waals surface area contributed by atoms with Gasteiger partial charge in [0, 0.05) is 32.6 Å². The molecule has 0 unspecified atom stereocenters. The van der Waals surface area contributed by atoms with Crippen LogP contribution in [0.15, 0.2) is 47.4 Å². The molecule has 8 nitrogen and oxygen atoms in total. The largest absolute Gasteiger partial charge is 0.497 e. The topological polar surface area (TPSA) is 92.7 Å². The van der Waals surface area contributed by atoms with Gasteiger partial charge in [-0.2, -0.15) is 13.1 Å². The molecule has 0 aliphatic carbocycles. The van der Waals surface area contributed by atoms with Crippen LogP contribution in [0.4, 0.5) is 0 Å². The molecule has 1 aromatic heterocycles. The molecule has 1 aliphatic rings. The quantitative estimate of drug-likeness (QED) is 0.562. The summed E-state index contributed by atoms with van der Waals surface area (Å²) < 4.78 is 41.3. The molecule has 164 valence electrons. The number of amides is 1. The Morgan fingerprint density at radius 2 is 1.94 bits per heavy atom. The molecule has 1 saturated heterocycles. The van der Waals surface area contributed by atoms with Gasteiger partial charge in [0.25, 0.3) is 0 Å². The zero-order valence-corrected chi connectivity index (χ0v) is 19.0. The van der Waals surface area contributed by atoms with Crippen LogP contribution in [-0.4, -0.2) is 59.5 Å². The second-order valence-electron chi connectivity index (χ2n) is 7.61. The Balaban J connectivity index is 1.40. The fourth-order valence-corrected chi connectivity index (χ4v) is 6.13. The molecule has 1 aliphatic heterocycles. The molecule has 1 fully saturated rings. The Morgan fingerprint density at radius 3 is 2.68 bits per heavy atom. The first-order valence-electron chi connectivity index (χ1n) is 9.99. The van der Waals surface area contributed by atoms with Gasteiger partial charge in [-0.3, -0.25) is 4.79 Å². The Hall–Kier alpha value is -2.56. The number of aromatic nitrogens is 2. The molecular weight excluding hydrogens is 436 g/mol. The van der Waals surface area contributed by atoms with Crippen LogP contribution in [0, 0.1) is 5.92 Å². The van der Waals surface area contributed by atoms with Gasteiger partial charge in [-0.25, -0.2) is 8.42 Å². The molecule has 0 N–H and O–H groups in total. The number of carbonyl (C=O) groups excluding carboxylic acids is 1. The van der Waals surface area contributed by atoms with Crippen molar-refractivity contribution in [2.75, 3.05) is 27.2 Å². The summed E-state index contributed by atoms with van der Waals surface area (Å²) in [6.45, 7) is 1.09. The van der Waals surface area contributed by atoms with Crippen LogP contribution in [0.2, 0.25) is 0 Å². The van der Waals surface area contributed by atoms with Crippen LogP contribution >= 0.6 is 11.7 Å². The van der Waals surface area contributed by atoms with Crippen LogP contribution in [-0.2, 0) is 21.4 Å². The Labute approximate surface area is 185 Å². The van der Waals surface area contributed by atoms with Gasteiger partial charge in [0.1, 0.15) is 21.7 Å². The van der Waals surface area contributed by atoms with Crippen molar-refractivity contribution in [3.05, 3.63) is 48.0 Å². The zero-order chi connectivity index (χ0) is 22.0. The van der Waals surface area contributed by atoms with Gasteiger partial charge in [0.05, 0.1) is 18.8 Å². The maximum atomic E-state index is 13.2. The molecular formula is C21H24N4O4S2. The minimum atomic E-state index is -3.69. The van der Waals surface area contributed by atoms with Gasteiger partial charge in [0.2, 0.25) is 15.9 Å². The number of fused-ring (bicyclic) bond motifs is 1. The van der Waals surface area contributed by atoms with Gasteiger partial charge in [-0.15, -0.1) is 0 Å². The van der Waals surface area contributed by atoms with E-state index in [0.717, 1.165) is 23.0 Å². The highest BCUT2D eigenvalue weighted by Gasteiger charge is 2.34. The highest BCUT2D eigenvalue weighted by Crippen LogP contribution is 2.29. The monoisotopic (exact) mass is 460 g/mol. The predicted molar refractivity (Wildman–Crippen MR) is 118 cm³/mol. The molecule has 0 radical (unpaired) electrons. The lowest BCUT2D eigenvalue weighted by Gasteiger charge is -2.32. The number of methoxy groups -OCH3 is 1. The number of benzene rings is 2. The zero-order valence-electron chi connectivity index (χ0n) is 17.4.